The van der Waals surface area contributed by atoms with Crippen molar-refractivity contribution in [1.82, 2.24) is 5.32 Å². The monoisotopic (exact) mass is 696 g/mol. The number of hydrogen-bond donors (Lipinski definition) is 3. The molecule has 0 saturated heterocycles. The summed E-state index contributed by atoms with van der Waals surface area (Å²) >= 11 is 0. The topological polar surface area (TPSA) is 104 Å². The van der Waals surface area contributed by atoms with Gasteiger partial charge in [-0.25, -0.2) is 0 Å². The molecule has 0 fully saturated rings. The van der Waals surface area contributed by atoms with Crippen LogP contribution in [0.25, 0.3) is 0 Å². The van der Waals surface area contributed by atoms with E-state index in [1.165, 1.54) is 134 Å². The molecule has 0 aromatic carbocycles. The number of amides is 1. The summed E-state index contributed by atoms with van der Waals surface area (Å²) in [5, 5.41) is 13.2. The lowest BCUT2D eigenvalue weighted by Crippen LogP contribution is -2.46. The predicted molar refractivity (Wildman–Crippen MR) is 207 cm³/mol. The van der Waals surface area contributed by atoms with Gasteiger partial charge in [-0.2, -0.15) is 8.42 Å². The summed E-state index contributed by atoms with van der Waals surface area (Å²) in [5.41, 5.74) is 0. The Morgan fingerprint density at radius 3 is 1.31 bits per heavy atom. The van der Waals surface area contributed by atoms with E-state index in [0.717, 1.165) is 44.9 Å². The number of allylic oxidation sites excluding steroid dienone is 5. The minimum absolute atomic E-state index is 0.288. The van der Waals surface area contributed by atoms with Gasteiger partial charge in [0.1, 0.15) is 0 Å². The molecular formula is C41H77NO5S. The molecule has 0 spiro atoms. The molecule has 0 aliphatic rings. The first kappa shape index (κ1) is 46.6. The van der Waals surface area contributed by atoms with Crippen molar-refractivity contribution in [2.24, 2.45) is 0 Å². The minimum Gasteiger partial charge on any atom is -0.387 e. The Labute approximate surface area is 297 Å². The molecule has 1 amide bonds. The number of carbonyl (C=O) groups excluding carboxylic acids is 1. The summed E-state index contributed by atoms with van der Waals surface area (Å²) in [5.74, 6) is -1.00. The van der Waals surface area contributed by atoms with Gasteiger partial charge in [0.2, 0.25) is 5.91 Å². The molecule has 6 nitrogen and oxygen atoms in total. The van der Waals surface area contributed by atoms with Crippen molar-refractivity contribution in [3.63, 3.8) is 0 Å². The van der Waals surface area contributed by atoms with E-state index in [4.69, 9.17) is 0 Å². The summed E-state index contributed by atoms with van der Waals surface area (Å²) < 4.78 is 32.4. The van der Waals surface area contributed by atoms with E-state index in [9.17, 15) is 22.9 Å². The third-order valence-electron chi connectivity index (χ3n) is 9.05. The van der Waals surface area contributed by atoms with Gasteiger partial charge in [0, 0.05) is 6.42 Å². The molecule has 0 aliphatic carbocycles. The molecule has 2 unspecified atom stereocenters. The van der Waals surface area contributed by atoms with Crippen molar-refractivity contribution in [2.75, 3.05) is 5.75 Å². The van der Waals surface area contributed by atoms with Crippen molar-refractivity contribution < 1.29 is 22.9 Å². The van der Waals surface area contributed by atoms with Crippen LogP contribution in [0.15, 0.2) is 36.5 Å². The van der Waals surface area contributed by atoms with Crippen LogP contribution in [0.4, 0.5) is 0 Å². The minimum atomic E-state index is -4.35. The second kappa shape index (κ2) is 35.4. The van der Waals surface area contributed by atoms with Crippen LogP contribution in [0, 0.1) is 0 Å². The Kier molecular flexibility index (Phi) is 34.3. The van der Waals surface area contributed by atoms with Crippen molar-refractivity contribution in [1.29, 1.82) is 0 Å². The van der Waals surface area contributed by atoms with Gasteiger partial charge in [-0.15, -0.1) is 0 Å². The number of aliphatic hydroxyl groups is 1. The van der Waals surface area contributed by atoms with Gasteiger partial charge in [-0.1, -0.05) is 185 Å². The number of unbranched alkanes of at least 4 members (excludes halogenated alkanes) is 24. The fourth-order valence-corrected chi connectivity index (χ4v) is 6.74. The van der Waals surface area contributed by atoms with Crippen LogP contribution >= 0.6 is 0 Å². The number of nitrogens with one attached hydrogen (secondary N) is 1. The highest BCUT2D eigenvalue weighted by Crippen LogP contribution is 2.15. The quantitative estimate of drug-likeness (QED) is 0.0344. The van der Waals surface area contributed by atoms with Crippen molar-refractivity contribution in [3.05, 3.63) is 36.5 Å². The maximum Gasteiger partial charge on any atom is 0.267 e. The van der Waals surface area contributed by atoms with Gasteiger partial charge in [0.25, 0.3) is 10.1 Å². The zero-order valence-electron chi connectivity index (χ0n) is 31.4. The number of aliphatic hydroxyl groups excluding tert-OH is 1. The lowest BCUT2D eigenvalue weighted by atomic mass is 10.0. The van der Waals surface area contributed by atoms with E-state index in [1.54, 1.807) is 6.08 Å². The summed E-state index contributed by atoms with van der Waals surface area (Å²) in [7, 11) is -4.35. The highest BCUT2D eigenvalue weighted by molar-refractivity contribution is 7.85. The maximum atomic E-state index is 12.5. The SMILES string of the molecule is CCCCCC/C=C/CC/C=C/CC/C=C/C(O)C(CS(=O)(=O)O)NC(=O)CCCCCCCCCCCCCCCCCCCCC. The van der Waals surface area contributed by atoms with Crippen molar-refractivity contribution >= 4 is 16.0 Å². The molecule has 0 radical (unpaired) electrons. The molecule has 48 heavy (non-hydrogen) atoms. The predicted octanol–water partition coefficient (Wildman–Crippen LogP) is 11.7. The third-order valence-corrected chi connectivity index (χ3v) is 9.83. The van der Waals surface area contributed by atoms with E-state index < -0.39 is 28.0 Å². The molecule has 3 N–H and O–H groups in total. The van der Waals surface area contributed by atoms with Gasteiger partial charge in [0.15, 0.2) is 0 Å². The maximum absolute atomic E-state index is 12.5. The molecule has 0 heterocycles. The fraction of sp³-hybridized carbons (Fsp3) is 0.829. The van der Waals surface area contributed by atoms with Crippen LogP contribution in [0.1, 0.15) is 200 Å². The lowest BCUT2D eigenvalue weighted by Gasteiger charge is -2.21. The van der Waals surface area contributed by atoms with E-state index in [-0.39, 0.29) is 12.3 Å². The molecule has 0 aromatic rings. The number of rotatable bonds is 36. The van der Waals surface area contributed by atoms with E-state index >= 15 is 0 Å². The van der Waals surface area contributed by atoms with E-state index in [2.05, 4.69) is 43.5 Å². The van der Waals surface area contributed by atoms with Gasteiger partial charge < -0.3 is 10.4 Å². The zero-order chi connectivity index (χ0) is 35.4. The van der Waals surface area contributed by atoms with Crippen LogP contribution in [0.3, 0.4) is 0 Å². The van der Waals surface area contributed by atoms with Gasteiger partial charge in [0.05, 0.1) is 17.9 Å². The Balaban J connectivity index is 3.94. The summed E-state index contributed by atoms with van der Waals surface area (Å²) in [4.78, 5) is 12.5. The molecule has 0 rings (SSSR count). The van der Waals surface area contributed by atoms with E-state index in [0.29, 0.717) is 6.42 Å². The third kappa shape index (κ3) is 35.9. The Bertz CT molecular complexity index is 899. The highest BCUT2D eigenvalue weighted by atomic mass is 32.2. The van der Waals surface area contributed by atoms with Crippen LogP contribution in [0.5, 0.6) is 0 Å². The van der Waals surface area contributed by atoms with Crippen molar-refractivity contribution in [2.45, 2.75) is 212 Å². The Hall–Kier alpha value is -1.44. The smallest absolute Gasteiger partial charge is 0.267 e. The second-order valence-electron chi connectivity index (χ2n) is 13.9. The van der Waals surface area contributed by atoms with Crippen LogP contribution < -0.4 is 5.32 Å². The lowest BCUT2D eigenvalue weighted by molar-refractivity contribution is -0.122. The summed E-state index contributed by atoms with van der Waals surface area (Å²) in [6.45, 7) is 4.50. The van der Waals surface area contributed by atoms with E-state index in [1.807, 2.05) is 0 Å². The molecule has 0 aromatic heterocycles. The van der Waals surface area contributed by atoms with Crippen LogP contribution in [0.2, 0.25) is 0 Å². The summed E-state index contributed by atoms with van der Waals surface area (Å²) in [6, 6.07) is -1.08. The first-order chi connectivity index (χ1) is 23.3. The molecule has 2 atom stereocenters. The largest absolute Gasteiger partial charge is 0.387 e. The average Bonchev–Trinajstić information content (AvgIpc) is 3.05. The number of hydrogen-bond acceptors (Lipinski definition) is 4. The standard InChI is InChI=1S/C41H77NO5S/c1-3-5-7-9-11-13-15-17-19-20-21-22-23-25-27-29-31-33-35-37-41(44)42-39(38-48(45,46)47)40(43)36-34-32-30-28-26-24-18-16-14-12-10-8-6-4-2/h14,16,26,28,34,36,39-40,43H,3-13,15,17-25,27,29-33,35,37-38H2,1-2H3,(H,42,44)(H,45,46,47)/b16-14+,28-26+,36-34+. The normalized spacial score (nSPS) is 13.7. The van der Waals surface area contributed by atoms with Gasteiger partial charge >= 0.3 is 0 Å². The average molecular weight is 696 g/mol. The second-order valence-corrected chi connectivity index (χ2v) is 15.4. The fourth-order valence-electron chi connectivity index (χ4n) is 6.01. The molecule has 0 aliphatic heterocycles. The first-order valence-electron chi connectivity index (χ1n) is 20.2. The van der Waals surface area contributed by atoms with Crippen molar-refractivity contribution in [3.8, 4) is 0 Å². The molecule has 0 bridgehead atoms. The van der Waals surface area contributed by atoms with Gasteiger partial charge in [-0.05, 0) is 44.9 Å². The molecule has 282 valence electrons. The van der Waals surface area contributed by atoms with Crippen LogP contribution in [-0.4, -0.2) is 41.9 Å². The Morgan fingerprint density at radius 1 is 0.542 bits per heavy atom. The summed E-state index contributed by atoms with van der Waals surface area (Å²) in [6.07, 6.45) is 45.6. The van der Waals surface area contributed by atoms with Gasteiger partial charge in [-0.3, -0.25) is 9.35 Å². The highest BCUT2D eigenvalue weighted by Gasteiger charge is 2.24. The number of carbonyl (C=O) groups is 1. The first-order valence-corrected chi connectivity index (χ1v) is 21.8. The molecular weight excluding hydrogens is 619 g/mol. The molecule has 7 heteroatoms. The zero-order valence-corrected chi connectivity index (χ0v) is 32.2. The molecule has 0 saturated carbocycles. The Morgan fingerprint density at radius 2 is 0.896 bits per heavy atom. The van der Waals surface area contributed by atoms with Crippen LogP contribution in [-0.2, 0) is 14.9 Å².